The van der Waals surface area contributed by atoms with Gasteiger partial charge in [-0.2, -0.15) is 5.26 Å². The van der Waals surface area contributed by atoms with Crippen LogP contribution in [0.25, 0.3) is 126 Å². The molecule has 0 spiro atoms. The van der Waals surface area contributed by atoms with Crippen LogP contribution in [-0.2, 0) is 0 Å². The van der Waals surface area contributed by atoms with Crippen LogP contribution in [0.15, 0.2) is 180 Å². The normalized spacial score (nSPS) is 11.9. The number of nitriles is 1. The van der Waals surface area contributed by atoms with Gasteiger partial charge in [-0.25, -0.2) is 9.83 Å². The molecule has 0 aliphatic heterocycles. The zero-order valence-corrected chi connectivity index (χ0v) is 32.4. The van der Waals surface area contributed by atoms with E-state index in [1.165, 1.54) is 0 Å². The van der Waals surface area contributed by atoms with Crippen molar-refractivity contribution in [3.8, 4) is 39.7 Å². The Labute approximate surface area is 348 Å². The smallest absolute Gasteiger partial charge is 0.220 e. The Morgan fingerprint density at radius 1 is 0.492 bits per heavy atom. The van der Waals surface area contributed by atoms with Gasteiger partial charge in [0.15, 0.2) is 0 Å². The van der Waals surface area contributed by atoms with Crippen LogP contribution in [0.4, 0.5) is 5.69 Å². The molecule has 4 heterocycles. The molecule has 6 nitrogen and oxygen atoms in total. The first-order valence-electron chi connectivity index (χ1n) is 20.2. The zero-order chi connectivity index (χ0) is 40.3. The van der Waals surface area contributed by atoms with Gasteiger partial charge in [0, 0.05) is 49.6 Å². The average molecular weight is 776 g/mol. The number of benzene rings is 9. The second-order valence-electron chi connectivity index (χ2n) is 15.6. The molecule has 0 unspecified atom stereocenters. The maximum Gasteiger partial charge on any atom is 0.220 e. The van der Waals surface area contributed by atoms with Gasteiger partial charge in [0.05, 0.1) is 40.1 Å². The number of aromatic nitrogens is 3. The molecule has 0 radical (unpaired) electrons. The number of pyridine rings is 1. The molecule has 0 saturated heterocycles. The minimum atomic E-state index is 0.377. The number of para-hydroxylation sites is 2. The number of rotatable bonds is 4. The van der Waals surface area contributed by atoms with Crippen molar-refractivity contribution in [1.29, 1.82) is 5.26 Å². The van der Waals surface area contributed by atoms with Crippen LogP contribution in [0.2, 0.25) is 0 Å². The van der Waals surface area contributed by atoms with Crippen molar-refractivity contribution in [3.05, 3.63) is 193 Å². The van der Waals surface area contributed by atoms with E-state index in [0.29, 0.717) is 28.2 Å². The van der Waals surface area contributed by atoms with E-state index in [-0.39, 0.29) is 0 Å². The van der Waals surface area contributed by atoms with Gasteiger partial charge >= 0.3 is 0 Å². The van der Waals surface area contributed by atoms with Crippen molar-refractivity contribution in [1.82, 2.24) is 14.1 Å². The van der Waals surface area contributed by atoms with Gasteiger partial charge in [-0.15, -0.1) is 0 Å². The second kappa shape index (κ2) is 12.4. The molecule has 9 aromatic carbocycles. The summed E-state index contributed by atoms with van der Waals surface area (Å²) >= 11 is 0. The van der Waals surface area contributed by atoms with Crippen LogP contribution in [0, 0.1) is 17.9 Å². The number of hydrogen-bond donors (Lipinski definition) is 0. The molecule has 0 saturated carbocycles. The van der Waals surface area contributed by atoms with Crippen molar-refractivity contribution in [2.24, 2.45) is 0 Å². The first kappa shape index (κ1) is 33.3. The minimum Gasteiger partial charge on any atom is -0.456 e. The van der Waals surface area contributed by atoms with Gasteiger partial charge in [0.2, 0.25) is 5.69 Å². The summed E-state index contributed by atoms with van der Waals surface area (Å²) in [6.45, 7) is 9.15. The highest BCUT2D eigenvalue weighted by molar-refractivity contribution is 6.34. The molecule has 0 N–H and O–H groups in total. The Morgan fingerprint density at radius 3 is 1.85 bits per heavy atom. The molecule has 0 fully saturated rings. The first-order valence-corrected chi connectivity index (χ1v) is 20.2. The lowest BCUT2D eigenvalue weighted by molar-refractivity contribution is 0.669. The molecular formula is C55H29N5O. The summed E-state index contributed by atoms with van der Waals surface area (Å²) in [7, 11) is 0. The van der Waals surface area contributed by atoms with Crippen LogP contribution in [-0.4, -0.2) is 14.1 Å². The predicted molar refractivity (Wildman–Crippen MR) is 248 cm³/mol. The van der Waals surface area contributed by atoms with Gasteiger partial charge in [-0.1, -0.05) is 133 Å². The summed E-state index contributed by atoms with van der Waals surface area (Å²) in [6.07, 6.45) is 1.88. The van der Waals surface area contributed by atoms with Gasteiger partial charge in [0.25, 0.3) is 0 Å². The fourth-order valence-electron chi connectivity index (χ4n) is 10.2. The molecule has 0 atom stereocenters. The van der Waals surface area contributed by atoms with Crippen molar-refractivity contribution in [3.63, 3.8) is 0 Å². The lowest BCUT2D eigenvalue weighted by Gasteiger charge is -2.25. The van der Waals surface area contributed by atoms with Crippen LogP contribution in [0.3, 0.4) is 0 Å². The number of hydrogen-bond acceptors (Lipinski definition) is 3. The fourth-order valence-corrected chi connectivity index (χ4v) is 10.2. The minimum absolute atomic E-state index is 0.377. The summed E-state index contributed by atoms with van der Waals surface area (Å²) in [6, 6.07) is 60.7. The number of furan rings is 1. The molecule has 13 aromatic rings. The SMILES string of the molecule is [C-]#[N+]c1c(-c2ccccc2)c(C#N)c(-n2c3ccccc3c3cc4oc5ccccc5c4cc32)c(-c2ccccc2)c1-n1c2cccc3c4ccccc4c4ccnc1c4c32. The van der Waals surface area contributed by atoms with Crippen LogP contribution < -0.4 is 0 Å². The number of nitrogens with zero attached hydrogens (tertiary/aromatic N) is 5. The second-order valence-corrected chi connectivity index (χ2v) is 15.6. The van der Waals surface area contributed by atoms with Crippen LogP contribution in [0.5, 0.6) is 0 Å². The molecule has 13 rings (SSSR count). The molecular weight excluding hydrogens is 747 g/mol. The molecule has 280 valence electrons. The average Bonchev–Trinajstić information content (AvgIpc) is 3.97. The summed E-state index contributed by atoms with van der Waals surface area (Å²) in [5.74, 6) is 0. The maximum atomic E-state index is 11.7. The van der Waals surface area contributed by atoms with Gasteiger partial charge < -0.3 is 13.6 Å². The molecule has 0 aliphatic rings. The largest absolute Gasteiger partial charge is 0.456 e. The highest BCUT2D eigenvalue weighted by atomic mass is 16.3. The molecule has 6 heteroatoms. The highest BCUT2D eigenvalue weighted by Crippen LogP contribution is 2.53. The fraction of sp³-hybridized carbons (Fsp3) is 0. The van der Waals surface area contributed by atoms with Gasteiger partial charge in [-0.3, -0.25) is 0 Å². The third-order valence-electron chi connectivity index (χ3n) is 12.6. The predicted octanol–water partition coefficient (Wildman–Crippen LogP) is 14.7. The Balaban J connectivity index is 1.32. The monoisotopic (exact) mass is 775 g/mol. The van der Waals surface area contributed by atoms with Crippen LogP contribution in [0.1, 0.15) is 5.56 Å². The van der Waals surface area contributed by atoms with E-state index in [2.05, 4.69) is 117 Å². The Hall–Kier alpha value is -8.71. The molecule has 4 aromatic heterocycles. The quantitative estimate of drug-likeness (QED) is 0.132. The van der Waals surface area contributed by atoms with Crippen molar-refractivity contribution in [2.45, 2.75) is 0 Å². The Morgan fingerprint density at radius 2 is 1.11 bits per heavy atom. The maximum absolute atomic E-state index is 11.7. The lowest BCUT2D eigenvalue weighted by atomic mass is 9.88. The highest BCUT2D eigenvalue weighted by Gasteiger charge is 2.32. The molecule has 0 aliphatic carbocycles. The van der Waals surface area contributed by atoms with Crippen molar-refractivity contribution in [2.75, 3.05) is 0 Å². The summed E-state index contributed by atoms with van der Waals surface area (Å²) in [5.41, 5.74) is 10.3. The third-order valence-corrected chi connectivity index (χ3v) is 12.6. The lowest BCUT2D eigenvalue weighted by Crippen LogP contribution is -2.09. The molecule has 61 heavy (non-hydrogen) atoms. The van der Waals surface area contributed by atoms with E-state index >= 15 is 0 Å². The van der Waals surface area contributed by atoms with E-state index in [1.807, 2.05) is 79.0 Å². The molecule has 0 bridgehead atoms. The molecule has 0 amide bonds. The van der Waals surface area contributed by atoms with Gasteiger partial charge in [-0.05, 0) is 69.1 Å². The van der Waals surface area contributed by atoms with E-state index in [0.717, 1.165) is 104 Å². The summed E-state index contributed by atoms with van der Waals surface area (Å²) in [4.78, 5) is 9.64. The topological polar surface area (TPSA) is 64.0 Å². The summed E-state index contributed by atoms with van der Waals surface area (Å²) in [5, 5.41) is 22.4. The number of fused-ring (bicyclic) bond motifs is 9. The van der Waals surface area contributed by atoms with Crippen molar-refractivity contribution >= 4 is 92.9 Å². The Kier molecular flexibility index (Phi) is 6.76. The third kappa shape index (κ3) is 4.40. The zero-order valence-electron chi connectivity index (χ0n) is 32.4. The standard InChI is InChI=1S/C55H29N5O/c1-57-52-48(32-15-4-2-5-16-32)42(31-56)53(59-43-24-12-10-21-36(43)40-30-47-41(29-45(40)59)37-22-11-13-26-46(37)61-47)49(33-17-6-3-7-18-33)54(52)60-44-25-14-23-38-34-19-8-9-20-35(34)39-27-28-58-55(60)51(39)50(38)44/h2-30H. The van der Waals surface area contributed by atoms with E-state index < -0.39 is 0 Å². The summed E-state index contributed by atoms with van der Waals surface area (Å²) < 4.78 is 10.9. The van der Waals surface area contributed by atoms with E-state index in [4.69, 9.17) is 16.0 Å². The van der Waals surface area contributed by atoms with Gasteiger partial charge in [0.1, 0.15) is 22.9 Å². The van der Waals surface area contributed by atoms with E-state index in [1.54, 1.807) is 0 Å². The first-order chi connectivity index (χ1) is 30.2. The van der Waals surface area contributed by atoms with Crippen LogP contribution >= 0.6 is 0 Å². The van der Waals surface area contributed by atoms with Crippen molar-refractivity contribution < 1.29 is 4.42 Å². The van der Waals surface area contributed by atoms with E-state index in [9.17, 15) is 5.26 Å². The Bertz CT molecular complexity index is 3980.